The first-order valence-corrected chi connectivity index (χ1v) is 8.48. The van der Waals surface area contributed by atoms with Crippen LogP contribution in [0.1, 0.15) is 49.6 Å². The summed E-state index contributed by atoms with van der Waals surface area (Å²) in [5.74, 6) is 1.76. The highest BCUT2D eigenvalue weighted by Crippen LogP contribution is 2.42. The number of aryl methyl sites for hydroxylation is 2. The fourth-order valence-corrected chi connectivity index (χ4v) is 3.79. The molecule has 2 aromatic rings. The summed E-state index contributed by atoms with van der Waals surface area (Å²) in [5, 5.41) is 12.8. The molecule has 1 aliphatic carbocycles. The van der Waals surface area contributed by atoms with Gasteiger partial charge in [0.2, 0.25) is 0 Å². The van der Waals surface area contributed by atoms with Gasteiger partial charge in [0.15, 0.2) is 5.82 Å². The Balaban J connectivity index is 2.08. The SMILES string of the molecule is Cc1ccc(-n2nnnc2C2(N(C)C)CCC(C)CC2)c(C)c1. The zero-order valence-electron chi connectivity index (χ0n) is 14.9. The standard InChI is InChI=1S/C18H27N5/c1-13-8-10-18(11-9-13,22(4)5)17-19-20-21-23(17)16-7-6-14(2)12-15(16)3/h6-7,12-13H,8-11H2,1-5H3. The molecule has 1 aromatic carbocycles. The van der Waals surface area contributed by atoms with Crippen molar-refractivity contribution in [1.82, 2.24) is 25.1 Å². The van der Waals surface area contributed by atoms with Gasteiger partial charge in [-0.2, -0.15) is 4.68 Å². The monoisotopic (exact) mass is 313 g/mol. The zero-order chi connectivity index (χ0) is 16.6. The third-order valence-corrected chi connectivity index (χ3v) is 5.42. The average molecular weight is 313 g/mol. The number of rotatable bonds is 3. The number of tetrazole rings is 1. The summed E-state index contributed by atoms with van der Waals surface area (Å²) in [6.07, 6.45) is 4.65. The largest absolute Gasteiger partial charge is 0.297 e. The number of hydrogen-bond acceptors (Lipinski definition) is 4. The van der Waals surface area contributed by atoms with Gasteiger partial charge < -0.3 is 0 Å². The molecule has 0 unspecified atom stereocenters. The molecule has 0 aliphatic heterocycles. The maximum absolute atomic E-state index is 4.46. The highest BCUT2D eigenvalue weighted by molar-refractivity contribution is 5.42. The molecule has 0 radical (unpaired) electrons. The van der Waals surface area contributed by atoms with Crippen LogP contribution in [0.4, 0.5) is 0 Å². The Kier molecular flexibility index (Phi) is 4.23. The second kappa shape index (κ2) is 6.04. The third-order valence-electron chi connectivity index (χ3n) is 5.42. The van der Waals surface area contributed by atoms with Crippen LogP contribution in [0.15, 0.2) is 18.2 Å². The fraction of sp³-hybridized carbons (Fsp3) is 0.611. The van der Waals surface area contributed by atoms with Crippen LogP contribution < -0.4 is 0 Å². The van der Waals surface area contributed by atoms with Crippen molar-refractivity contribution in [3.63, 3.8) is 0 Å². The van der Waals surface area contributed by atoms with Gasteiger partial charge in [-0.25, -0.2) is 0 Å². The molecule has 1 aromatic heterocycles. The van der Waals surface area contributed by atoms with Crippen molar-refractivity contribution in [3.05, 3.63) is 35.2 Å². The number of nitrogens with zero attached hydrogens (tertiary/aromatic N) is 5. The van der Waals surface area contributed by atoms with E-state index < -0.39 is 0 Å². The van der Waals surface area contributed by atoms with E-state index in [1.54, 1.807) is 0 Å². The van der Waals surface area contributed by atoms with E-state index in [0.29, 0.717) is 0 Å². The minimum absolute atomic E-state index is 0.0761. The second-order valence-corrected chi connectivity index (χ2v) is 7.31. The minimum atomic E-state index is -0.0761. The van der Waals surface area contributed by atoms with Gasteiger partial charge in [-0.1, -0.05) is 24.6 Å². The van der Waals surface area contributed by atoms with Crippen molar-refractivity contribution in [2.45, 2.75) is 52.0 Å². The van der Waals surface area contributed by atoms with Gasteiger partial charge >= 0.3 is 0 Å². The van der Waals surface area contributed by atoms with Crippen molar-refractivity contribution in [1.29, 1.82) is 0 Å². The van der Waals surface area contributed by atoms with Gasteiger partial charge in [-0.05, 0) is 81.6 Å². The van der Waals surface area contributed by atoms with Crippen molar-refractivity contribution in [2.24, 2.45) is 5.92 Å². The quantitative estimate of drug-likeness (QED) is 0.872. The first-order chi connectivity index (χ1) is 10.9. The van der Waals surface area contributed by atoms with Gasteiger partial charge in [-0.3, -0.25) is 4.90 Å². The summed E-state index contributed by atoms with van der Waals surface area (Å²) in [7, 11) is 4.30. The molecule has 0 spiro atoms. The van der Waals surface area contributed by atoms with E-state index in [4.69, 9.17) is 0 Å². The van der Waals surface area contributed by atoms with Gasteiger partial charge in [0.1, 0.15) is 0 Å². The summed E-state index contributed by atoms with van der Waals surface area (Å²) >= 11 is 0. The summed E-state index contributed by atoms with van der Waals surface area (Å²) in [5.41, 5.74) is 3.47. The molecule has 124 valence electrons. The summed E-state index contributed by atoms with van der Waals surface area (Å²) in [6.45, 7) is 6.58. The van der Waals surface area contributed by atoms with Crippen LogP contribution in [0.3, 0.4) is 0 Å². The maximum Gasteiger partial charge on any atom is 0.176 e. The normalized spacial score (nSPS) is 25.0. The van der Waals surface area contributed by atoms with Gasteiger partial charge in [0, 0.05) is 0 Å². The van der Waals surface area contributed by atoms with Gasteiger partial charge in [-0.15, -0.1) is 5.10 Å². The summed E-state index contributed by atoms with van der Waals surface area (Å²) in [4.78, 5) is 2.31. The number of hydrogen-bond donors (Lipinski definition) is 0. The first kappa shape index (κ1) is 16.1. The molecule has 5 heteroatoms. The second-order valence-electron chi connectivity index (χ2n) is 7.31. The maximum atomic E-state index is 4.46. The summed E-state index contributed by atoms with van der Waals surface area (Å²) in [6, 6.07) is 6.44. The molecule has 5 nitrogen and oxygen atoms in total. The van der Waals surface area contributed by atoms with E-state index in [2.05, 4.69) is 73.5 Å². The molecule has 0 bridgehead atoms. The van der Waals surface area contributed by atoms with E-state index in [-0.39, 0.29) is 5.54 Å². The van der Waals surface area contributed by atoms with Gasteiger partial charge in [0.05, 0.1) is 11.2 Å². The van der Waals surface area contributed by atoms with Crippen LogP contribution >= 0.6 is 0 Å². The lowest BCUT2D eigenvalue weighted by Crippen LogP contribution is -2.46. The number of aromatic nitrogens is 4. The predicted octanol–water partition coefficient (Wildman–Crippen LogP) is 3.25. The van der Waals surface area contributed by atoms with Gasteiger partial charge in [0.25, 0.3) is 0 Å². The predicted molar refractivity (Wildman–Crippen MR) is 91.6 cm³/mol. The Morgan fingerprint density at radius 1 is 1.17 bits per heavy atom. The molecule has 0 amide bonds. The Hall–Kier alpha value is -1.75. The lowest BCUT2D eigenvalue weighted by Gasteiger charge is -2.43. The molecule has 1 fully saturated rings. The average Bonchev–Trinajstić information content (AvgIpc) is 2.97. The molecular weight excluding hydrogens is 286 g/mol. The third kappa shape index (κ3) is 2.78. The van der Waals surface area contributed by atoms with E-state index in [9.17, 15) is 0 Å². The molecule has 23 heavy (non-hydrogen) atoms. The molecule has 1 aliphatic rings. The highest BCUT2D eigenvalue weighted by atomic mass is 15.6. The van der Waals surface area contributed by atoms with E-state index >= 15 is 0 Å². The Morgan fingerprint density at radius 2 is 1.87 bits per heavy atom. The topological polar surface area (TPSA) is 46.8 Å². The Bertz CT molecular complexity index is 680. The van der Waals surface area contributed by atoms with E-state index in [1.807, 2.05) is 4.68 Å². The molecule has 3 rings (SSSR count). The smallest absolute Gasteiger partial charge is 0.176 e. The molecule has 1 heterocycles. The minimum Gasteiger partial charge on any atom is -0.297 e. The van der Waals surface area contributed by atoms with E-state index in [1.165, 1.54) is 24.0 Å². The molecule has 0 saturated heterocycles. The van der Waals surface area contributed by atoms with Crippen molar-refractivity contribution in [2.75, 3.05) is 14.1 Å². The molecule has 1 saturated carbocycles. The molecular formula is C18H27N5. The van der Waals surface area contributed by atoms with Crippen molar-refractivity contribution in [3.8, 4) is 5.69 Å². The number of benzene rings is 1. The highest BCUT2D eigenvalue weighted by Gasteiger charge is 2.42. The van der Waals surface area contributed by atoms with Crippen molar-refractivity contribution < 1.29 is 0 Å². The zero-order valence-corrected chi connectivity index (χ0v) is 14.9. The van der Waals surface area contributed by atoms with E-state index in [0.717, 1.165) is 30.3 Å². The van der Waals surface area contributed by atoms with Crippen molar-refractivity contribution >= 4 is 0 Å². The van der Waals surface area contributed by atoms with Crippen LogP contribution in [0.2, 0.25) is 0 Å². The molecule has 0 N–H and O–H groups in total. The lowest BCUT2D eigenvalue weighted by atomic mass is 9.75. The fourth-order valence-electron chi connectivity index (χ4n) is 3.79. The van der Waals surface area contributed by atoms with Crippen LogP contribution in [-0.4, -0.2) is 39.2 Å². The Morgan fingerprint density at radius 3 is 2.48 bits per heavy atom. The van der Waals surface area contributed by atoms with Crippen LogP contribution in [-0.2, 0) is 5.54 Å². The van der Waals surface area contributed by atoms with Crippen LogP contribution in [0.5, 0.6) is 0 Å². The van der Waals surface area contributed by atoms with Crippen LogP contribution in [0, 0.1) is 19.8 Å². The first-order valence-electron chi connectivity index (χ1n) is 8.48. The molecule has 0 atom stereocenters. The summed E-state index contributed by atoms with van der Waals surface area (Å²) < 4.78 is 1.95. The van der Waals surface area contributed by atoms with Crippen LogP contribution in [0.25, 0.3) is 5.69 Å². The lowest BCUT2D eigenvalue weighted by molar-refractivity contribution is 0.0698. The Labute approximate surface area is 138 Å².